The number of thiophene rings is 1. The number of fused-ring (bicyclic) bond motifs is 4. The molecule has 4 unspecified atom stereocenters. The molecular weight excluding hydrogens is 1260 g/mol. The SMILES string of the molecule is CC(NC(=O)C1CCCN1C(=O)[C@@H](NC(=O)CCOCCCN1CCCC1)C(C)(C)C)c1ccc(-c2c(F)cccc2F)cc1.COc1nc(N2CC3CCC(C2)N3C(=O)OC(C)(C)C)c2cc(Cl)c(-c3ccc(F)c4sc(NC(=O)OC(C)(C)C)c(C#N)c34)c(F)c2n1. The summed E-state index contributed by atoms with van der Waals surface area (Å²) in [6.45, 7) is 23.5. The van der Waals surface area contributed by atoms with Crippen molar-refractivity contribution in [2.75, 3.05) is 69.8 Å². The smallest absolute Gasteiger partial charge is 0.412 e. The molecule has 2 aromatic heterocycles. The van der Waals surface area contributed by atoms with Gasteiger partial charge in [0, 0.05) is 55.5 Å². The number of amides is 5. The van der Waals surface area contributed by atoms with E-state index in [1.807, 2.05) is 59.4 Å². The van der Waals surface area contributed by atoms with Gasteiger partial charge in [-0.05, 0) is 153 Å². The number of likely N-dealkylation sites (tertiary alicyclic amines) is 2. The van der Waals surface area contributed by atoms with Crippen LogP contribution in [-0.2, 0) is 28.6 Å². The highest BCUT2D eigenvalue weighted by atomic mass is 35.5. The third-order valence-corrected chi connectivity index (χ3v) is 18.3. The Morgan fingerprint density at radius 3 is 2.07 bits per heavy atom. The number of hydrogen-bond donors (Lipinski definition) is 3. The van der Waals surface area contributed by atoms with Crippen LogP contribution in [0.3, 0.4) is 0 Å². The van der Waals surface area contributed by atoms with E-state index in [9.17, 15) is 38.0 Å². The van der Waals surface area contributed by atoms with Gasteiger partial charge in [0.25, 0.3) is 0 Å². The van der Waals surface area contributed by atoms with Gasteiger partial charge in [0.2, 0.25) is 17.7 Å². The lowest BCUT2D eigenvalue weighted by Crippen LogP contribution is -2.57. The van der Waals surface area contributed by atoms with E-state index >= 15 is 8.78 Å². The van der Waals surface area contributed by atoms with Crippen molar-refractivity contribution in [2.45, 2.75) is 162 Å². The molecule has 25 heteroatoms. The molecule has 3 N–H and O–H groups in total. The molecule has 0 aliphatic carbocycles. The maximum Gasteiger partial charge on any atom is 0.412 e. The van der Waals surface area contributed by atoms with E-state index < -0.39 is 64.1 Å². The fourth-order valence-corrected chi connectivity index (χ4v) is 13.9. The van der Waals surface area contributed by atoms with Crippen LogP contribution in [0.15, 0.2) is 60.7 Å². The molecule has 5 atom stereocenters. The Morgan fingerprint density at radius 2 is 1.46 bits per heavy atom. The van der Waals surface area contributed by atoms with Gasteiger partial charge in [0.05, 0.1) is 52.7 Å². The van der Waals surface area contributed by atoms with E-state index in [1.54, 1.807) is 60.9 Å². The Morgan fingerprint density at radius 1 is 0.798 bits per heavy atom. The molecule has 4 aliphatic heterocycles. The highest BCUT2D eigenvalue weighted by molar-refractivity contribution is 7.23. The molecule has 0 radical (unpaired) electrons. The third-order valence-electron chi connectivity index (χ3n) is 16.9. The lowest BCUT2D eigenvalue weighted by Gasteiger charge is -2.42. The van der Waals surface area contributed by atoms with Crippen molar-refractivity contribution in [3.8, 4) is 34.3 Å². The summed E-state index contributed by atoms with van der Waals surface area (Å²) in [7, 11) is 1.37. The number of nitrogens with one attached hydrogen (secondary N) is 3. The van der Waals surface area contributed by atoms with Crippen molar-refractivity contribution >= 4 is 84.7 Å². The monoisotopic (exact) mass is 1340 g/mol. The van der Waals surface area contributed by atoms with E-state index in [-0.39, 0.29) is 96.2 Å². The predicted octanol–water partition coefficient (Wildman–Crippen LogP) is 13.5. The number of nitrogens with zero attached hydrogens (tertiary/aromatic N) is 7. The van der Waals surface area contributed by atoms with Gasteiger partial charge in [0.1, 0.15) is 63.1 Å². The fourth-order valence-electron chi connectivity index (χ4n) is 12.5. The Hall–Kier alpha value is -7.85. The van der Waals surface area contributed by atoms with Crippen LogP contribution < -0.4 is 25.6 Å². The molecule has 10 rings (SSSR count). The number of carbonyl (C=O) groups excluding carboxylic acids is 5. The van der Waals surface area contributed by atoms with Gasteiger partial charge in [-0.15, -0.1) is 11.3 Å². The van der Waals surface area contributed by atoms with E-state index in [0.717, 1.165) is 61.9 Å². The van der Waals surface area contributed by atoms with Gasteiger partial charge in [-0.25, -0.2) is 27.2 Å². The lowest BCUT2D eigenvalue weighted by atomic mass is 9.85. The van der Waals surface area contributed by atoms with Gasteiger partial charge in [-0.1, -0.05) is 68.8 Å². The van der Waals surface area contributed by atoms with Gasteiger partial charge in [-0.3, -0.25) is 24.6 Å². The molecule has 4 saturated heterocycles. The predicted molar refractivity (Wildman–Crippen MR) is 354 cm³/mol. The van der Waals surface area contributed by atoms with Crippen molar-refractivity contribution in [1.82, 2.24) is 35.3 Å². The molecule has 19 nitrogen and oxygen atoms in total. The highest BCUT2D eigenvalue weighted by Gasteiger charge is 2.46. The summed E-state index contributed by atoms with van der Waals surface area (Å²) in [4.78, 5) is 82.4. The van der Waals surface area contributed by atoms with E-state index in [2.05, 4.69) is 30.8 Å². The standard InChI is InChI=1S/C35H48F2N4O4.C34H35ClF2N6O5S/c1-24(25-13-15-26(16-14-25)31-27(36)10-7-11-28(31)37)38-33(43)29-12-8-21-41(29)34(44)32(35(2,3)4)39-30(42)17-23-45-22-9-20-40-18-5-6-19-40;1-33(2,3)47-31(44)41-29-20(13-38)23-18(10-11-22(36)27(23)49-29)24-21(35)12-19-26(25(24)37)39-30(46-7)40-28(19)42-14-16-8-9-17(15-42)43(16)32(45)48-34(4,5)6/h7,10-11,13-16,24,29,32H,5-6,8-9,12,17-23H2,1-4H3,(H,38,43)(H,39,42);10-12,16-17H,8-9,14-15H2,1-7H3,(H,41,44)/t24?,29?,32-;/m1./s1. The number of carbonyl (C=O) groups is 5. The Balaban J connectivity index is 0.000000222. The van der Waals surface area contributed by atoms with Crippen LogP contribution in [0.25, 0.3) is 43.2 Å². The summed E-state index contributed by atoms with van der Waals surface area (Å²) in [5.74, 6) is -3.20. The minimum absolute atomic E-state index is 0.0231. The molecule has 6 heterocycles. The summed E-state index contributed by atoms with van der Waals surface area (Å²) in [6, 6.07) is 14.3. The maximum atomic E-state index is 16.9. The molecule has 0 saturated carbocycles. The first-order valence-electron chi connectivity index (χ1n) is 31.8. The molecule has 4 aliphatic rings. The van der Waals surface area contributed by atoms with Crippen LogP contribution >= 0.6 is 22.9 Å². The summed E-state index contributed by atoms with van der Waals surface area (Å²) in [5, 5.41) is 19.0. The maximum absolute atomic E-state index is 16.9. The highest BCUT2D eigenvalue weighted by Crippen LogP contribution is 2.47. The molecule has 5 amide bonds. The van der Waals surface area contributed by atoms with Crippen molar-refractivity contribution in [3.05, 3.63) is 100 Å². The van der Waals surface area contributed by atoms with Crippen LogP contribution in [0, 0.1) is 40.0 Å². The zero-order chi connectivity index (χ0) is 68.1. The molecule has 4 fully saturated rings. The van der Waals surface area contributed by atoms with Crippen LogP contribution in [0.1, 0.15) is 138 Å². The van der Waals surface area contributed by atoms with Crippen LogP contribution in [0.4, 0.5) is 38.0 Å². The first-order valence-corrected chi connectivity index (χ1v) is 33.0. The van der Waals surface area contributed by atoms with Crippen LogP contribution in [-0.4, -0.2) is 150 Å². The molecular formula is C69H83ClF4N10O9S. The van der Waals surface area contributed by atoms with E-state index in [1.165, 1.54) is 44.2 Å². The van der Waals surface area contributed by atoms with Gasteiger partial charge in [0.15, 0.2) is 5.82 Å². The van der Waals surface area contributed by atoms with Gasteiger partial charge >= 0.3 is 18.2 Å². The lowest BCUT2D eigenvalue weighted by molar-refractivity contribution is -0.144. The number of hydrogen-bond acceptors (Lipinski definition) is 15. The second-order valence-electron chi connectivity index (χ2n) is 27.3. The average Bonchev–Trinajstić information content (AvgIpc) is 1.35. The summed E-state index contributed by atoms with van der Waals surface area (Å²) >= 11 is 7.67. The number of benzene rings is 4. The Labute approximate surface area is 554 Å². The van der Waals surface area contributed by atoms with Crippen molar-refractivity contribution < 1.29 is 60.5 Å². The summed E-state index contributed by atoms with van der Waals surface area (Å²) in [5.41, 5.74) is -1.11. The quantitative estimate of drug-likeness (QED) is 0.0571. The minimum Gasteiger partial charge on any atom is -0.467 e. The summed E-state index contributed by atoms with van der Waals surface area (Å²) in [6.07, 6.45) is 5.15. The second kappa shape index (κ2) is 29.4. The number of ether oxygens (including phenoxy) is 4. The molecule has 504 valence electrons. The Bertz CT molecular complexity index is 3810. The molecule has 6 aromatic rings. The number of anilines is 2. The van der Waals surface area contributed by atoms with E-state index in [0.29, 0.717) is 62.5 Å². The summed E-state index contributed by atoms with van der Waals surface area (Å²) < 4.78 is 82.6. The van der Waals surface area contributed by atoms with Gasteiger partial charge in [-0.2, -0.15) is 15.2 Å². The first-order chi connectivity index (χ1) is 44.4. The number of nitriles is 1. The number of rotatable bonds is 17. The molecule has 2 bridgehead atoms. The van der Waals surface area contributed by atoms with Crippen LogP contribution in [0.2, 0.25) is 5.02 Å². The normalized spacial score (nSPS) is 18.1. The van der Waals surface area contributed by atoms with Crippen molar-refractivity contribution in [2.24, 2.45) is 5.41 Å². The average molecular weight is 1340 g/mol. The molecule has 0 spiro atoms. The second-order valence-corrected chi connectivity index (χ2v) is 28.7. The fraction of sp³-hybridized carbons (Fsp3) is 0.507. The van der Waals surface area contributed by atoms with Gasteiger partial charge < -0.3 is 44.3 Å². The topological polar surface area (TPSA) is 221 Å². The zero-order valence-corrected chi connectivity index (χ0v) is 56.6. The number of methoxy groups -OCH3 is 1. The molecule has 4 aromatic carbocycles. The molecule has 94 heavy (non-hydrogen) atoms. The first kappa shape index (κ1) is 70.5. The number of piperazine rings is 1. The van der Waals surface area contributed by atoms with Crippen molar-refractivity contribution in [3.63, 3.8) is 0 Å². The minimum atomic E-state index is -0.830. The van der Waals surface area contributed by atoms with Crippen LogP contribution in [0.5, 0.6) is 6.01 Å². The van der Waals surface area contributed by atoms with Crippen molar-refractivity contribution in [1.29, 1.82) is 5.26 Å². The zero-order valence-electron chi connectivity index (χ0n) is 55.1. The number of halogens is 5. The Kier molecular flexibility index (Phi) is 22.1. The largest absolute Gasteiger partial charge is 0.467 e. The number of aromatic nitrogens is 2. The van der Waals surface area contributed by atoms with E-state index in [4.69, 9.17) is 30.5 Å². The third kappa shape index (κ3) is 16.4.